The molecule has 0 heterocycles. The third-order valence-corrected chi connectivity index (χ3v) is 5.05. The third-order valence-electron chi connectivity index (χ3n) is 5.05. The Morgan fingerprint density at radius 2 is 1.74 bits per heavy atom. The van der Waals surface area contributed by atoms with Crippen LogP contribution in [0.3, 0.4) is 0 Å². The molecular weight excluding hydrogens is 236 g/mol. The first-order valence-electron chi connectivity index (χ1n) is 8.08. The normalized spacial score (nSPS) is 39.8. The number of nitrogens with one attached hydrogen (secondary N) is 1. The first kappa shape index (κ1) is 14.8. The lowest BCUT2D eigenvalue weighted by Crippen LogP contribution is -2.41. The van der Waals surface area contributed by atoms with Crippen LogP contribution in [0.4, 0.5) is 0 Å². The van der Waals surface area contributed by atoms with Crippen LogP contribution in [0.25, 0.3) is 0 Å². The van der Waals surface area contributed by atoms with Gasteiger partial charge in [-0.1, -0.05) is 26.7 Å². The second kappa shape index (κ2) is 6.74. The first-order chi connectivity index (χ1) is 9.04. The lowest BCUT2D eigenvalue weighted by molar-refractivity contribution is -0.126. The van der Waals surface area contributed by atoms with Gasteiger partial charge in [-0.3, -0.25) is 4.79 Å². The van der Waals surface area contributed by atoms with Gasteiger partial charge in [0.25, 0.3) is 0 Å². The van der Waals surface area contributed by atoms with E-state index >= 15 is 0 Å². The van der Waals surface area contributed by atoms with Gasteiger partial charge in [0.1, 0.15) is 0 Å². The van der Waals surface area contributed by atoms with Crippen molar-refractivity contribution < 1.29 is 4.79 Å². The van der Waals surface area contributed by atoms with E-state index in [1.807, 2.05) is 0 Å². The highest BCUT2D eigenvalue weighted by molar-refractivity contribution is 5.78. The minimum absolute atomic E-state index is 0.154. The highest BCUT2D eigenvalue weighted by Crippen LogP contribution is 2.29. The zero-order chi connectivity index (χ0) is 13.8. The van der Waals surface area contributed by atoms with Gasteiger partial charge in [0.05, 0.1) is 0 Å². The van der Waals surface area contributed by atoms with Crippen LogP contribution in [-0.2, 0) is 4.79 Å². The molecule has 2 saturated carbocycles. The maximum absolute atomic E-state index is 12.2. The van der Waals surface area contributed by atoms with Gasteiger partial charge >= 0.3 is 0 Å². The number of nitrogens with two attached hydrogens (primary N) is 1. The van der Waals surface area contributed by atoms with Crippen molar-refractivity contribution >= 4 is 5.91 Å². The summed E-state index contributed by atoms with van der Waals surface area (Å²) < 4.78 is 0. The van der Waals surface area contributed by atoms with Gasteiger partial charge in [-0.05, 0) is 49.9 Å². The second-order valence-electron chi connectivity index (χ2n) is 7.14. The Kier molecular flexibility index (Phi) is 5.26. The molecule has 0 aromatic heterocycles. The van der Waals surface area contributed by atoms with E-state index in [2.05, 4.69) is 19.2 Å². The smallest absolute Gasteiger partial charge is 0.223 e. The summed E-state index contributed by atoms with van der Waals surface area (Å²) in [4.78, 5) is 12.2. The highest BCUT2D eigenvalue weighted by Gasteiger charge is 2.29. The number of hydrogen-bond donors (Lipinski definition) is 2. The minimum Gasteiger partial charge on any atom is -0.356 e. The van der Waals surface area contributed by atoms with Gasteiger partial charge in [0.15, 0.2) is 0 Å². The maximum Gasteiger partial charge on any atom is 0.223 e. The fourth-order valence-corrected chi connectivity index (χ4v) is 3.79. The van der Waals surface area contributed by atoms with Crippen molar-refractivity contribution in [3.8, 4) is 0 Å². The Morgan fingerprint density at radius 3 is 2.37 bits per heavy atom. The van der Waals surface area contributed by atoms with Crippen molar-refractivity contribution in [1.82, 2.24) is 5.32 Å². The van der Waals surface area contributed by atoms with Crippen molar-refractivity contribution in [2.45, 2.75) is 64.8 Å². The largest absolute Gasteiger partial charge is 0.356 e. The van der Waals surface area contributed by atoms with Crippen molar-refractivity contribution in [3.05, 3.63) is 0 Å². The van der Waals surface area contributed by atoms with Gasteiger partial charge in [0, 0.05) is 18.5 Å². The predicted molar refractivity (Wildman–Crippen MR) is 78.6 cm³/mol. The van der Waals surface area contributed by atoms with E-state index < -0.39 is 0 Å². The van der Waals surface area contributed by atoms with Crippen LogP contribution in [0.2, 0.25) is 0 Å². The Hall–Kier alpha value is -0.570. The summed E-state index contributed by atoms with van der Waals surface area (Å²) in [5.74, 6) is 2.58. The van der Waals surface area contributed by atoms with Crippen molar-refractivity contribution in [2.24, 2.45) is 29.4 Å². The molecule has 2 aliphatic carbocycles. The Balaban J connectivity index is 1.72. The van der Waals surface area contributed by atoms with Crippen LogP contribution in [0, 0.1) is 23.7 Å². The van der Waals surface area contributed by atoms with E-state index in [0.717, 1.165) is 31.7 Å². The summed E-state index contributed by atoms with van der Waals surface area (Å²) in [5.41, 5.74) is 6.03. The van der Waals surface area contributed by atoms with Crippen LogP contribution >= 0.6 is 0 Å². The molecule has 0 spiro atoms. The van der Waals surface area contributed by atoms with Gasteiger partial charge in [0.2, 0.25) is 5.91 Å². The highest BCUT2D eigenvalue weighted by atomic mass is 16.1. The van der Waals surface area contributed by atoms with E-state index in [1.165, 1.54) is 25.7 Å². The molecular formula is C16H30N2O. The molecule has 2 fully saturated rings. The number of rotatable bonds is 3. The monoisotopic (exact) mass is 266 g/mol. The molecule has 0 aromatic rings. The molecule has 19 heavy (non-hydrogen) atoms. The quantitative estimate of drug-likeness (QED) is 0.825. The van der Waals surface area contributed by atoms with Gasteiger partial charge in [-0.15, -0.1) is 0 Å². The number of hydrogen-bond acceptors (Lipinski definition) is 2. The SMILES string of the molecule is CC1CCC(CNC(=O)C2CC(C)CC(N)C2)CC1. The Bertz CT molecular complexity index is 287. The topological polar surface area (TPSA) is 55.1 Å². The fraction of sp³-hybridized carbons (Fsp3) is 0.938. The molecule has 0 aromatic carbocycles. The number of carbonyl (C=O) groups is 1. The van der Waals surface area contributed by atoms with Crippen LogP contribution in [0.5, 0.6) is 0 Å². The summed E-state index contributed by atoms with van der Waals surface area (Å²) in [6.45, 7) is 5.42. The number of carbonyl (C=O) groups excluding carboxylic acids is 1. The molecule has 3 heteroatoms. The van der Waals surface area contributed by atoms with E-state index in [9.17, 15) is 4.79 Å². The summed E-state index contributed by atoms with van der Waals surface area (Å²) in [6.07, 6.45) is 8.17. The van der Waals surface area contributed by atoms with Crippen LogP contribution in [-0.4, -0.2) is 18.5 Å². The molecule has 110 valence electrons. The first-order valence-corrected chi connectivity index (χ1v) is 8.08. The molecule has 2 rings (SSSR count). The van der Waals surface area contributed by atoms with Gasteiger partial charge in [-0.2, -0.15) is 0 Å². The van der Waals surface area contributed by atoms with Crippen LogP contribution in [0.15, 0.2) is 0 Å². The van der Waals surface area contributed by atoms with Crippen LogP contribution in [0.1, 0.15) is 58.8 Å². The van der Waals surface area contributed by atoms with Crippen molar-refractivity contribution in [3.63, 3.8) is 0 Å². The van der Waals surface area contributed by atoms with E-state index in [4.69, 9.17) is 5.73 Å². The predicted octanol–water partition coefficient (Wildman–Crippen LogP) is 2.69. The number of amides is 1. The molecule has 2 aliphatic rings. The summed E-state index contributed by atoms with van der Waals surface area (Å²) in [5, 5.41) is 3.18. The Morgan fingerprint density at radius 1 is 1.05 bits per heavy atom. The second-order valence-corrected chi connectivity index (χ2v) is 7.14. The molecule has 0 saturated heterocycles. The average Bonchev–Trinajstić information content (AvgIpc) is 2.36. The van der Waals surface area contributed by atoms with E-state index in [-0.39, 0.29) is 17.9 Å². The lowest BCUT2D eigenvalue weighted by atomic mass is 9.79. The summed E-state index contributed by atoms with van der Waals surface area (Å²) in [7, 11) is 0. The average molecular weight is 266 g/mol. The molecule has 3 N–H and O–H groups in total. The van der Waals surface area contributed by atoms with Gasteiger partial charge < -0.3 is 11.1 Å². The fourth-order valence-electron chi connectivity index (χ4n) is 3.79. The van der Waals surface area contributed by atoms with E-state index in [0.29, 0.717) is 11.8 Å². The lowest BCUT2D eigenvalue weighted by Gasteiger charge is -2.31. The van der Waals surface area contributed by atoms with Crippen molar-refractivity contribution in [2.75, 3.05) is 6.54 Å². The summed E-state index contributed by atoms with van der Waals surface area (Å²) >= 11 is 0. The van der Waals surface area contributed by atoms with Crippen molar-refractivity contribution in [1.29, 1.82) is 0 Å². The standard InChI is InChI=1S/C16H30N2O/c1-11-3-5-13(6-4-11)10-18-16(19)14-7-12(2)8-15(17)9-14/h11-15H,3-10,17H2,1-2H3,(H,18,19). The zero-order valence-corrected chi connectivity index (χ0v) is 12.5. The Labute approximate surface area is 117 Å². The minimum atomic E-state index is 0.154. The third kappa shape index (κ3) is 4.48. The summed E-state index contributed by atoms with van der Waals surface area (Å²) in [6, 6.07) is 0.218. The molecule has 3 nitrogen and oxygen atoms in total. The van der Waals surface area contributed by atoms with Gasteiger partial charge in [-0.25, -0.2) is 0 Å². The molecule has 0 radical (unpaired) electrons. The zero-order valence-electron chi connectivity index (χ0n) is 12.5. The molecule has 0 aliphatic heterocycles. The molecule has 3 atom stereocenters. The maximum atomic E-state index is 12.2. The molecule has 1 amide bonds. The van der Waals surface area contributed by atoms with Crippen LogP contribution < -0.4 is 11.1 Å². The van der Waals surface area contributed by atoms with E-state index in [1.54, 1.807) is 0 Å². The molecule has 3 unspecified atom stereocenters. The molecule has 0 bridgehead atoms.